The van der Waals surface area contributed by atoms with Crippen LogP contribution in [0.15, 0.2) is 12.2 Å². The third-order valence-corrected chi connectivity index (χ3v) is 5.12. The third kappa shape index (κ3) is 4.80. The lowest BCUT2D eigenvalue weighted by molar-refractivity contribution is 1.03. The Labute approximate surface area is 66.4 Å². The fourth-order valence-electron chi connectivity index (χ4n) is 1.58. The normalized spacial score (nSPS) is 11.6. The van der Waals surface area contributed by atoms with Gasteiger partial charge in [-0.15, -0.1) is 6.58 Å². The standard InChI is InChI=1S/C9H20Si/c1-6-7-10(4,5)8-9(2)3/h2,6-8H2,1,3-5H3. The van der Waals surface area contributed by atoms with Crippen LogP contribution in [0.2, 0.25) is 25.2 Å². The summed E-state index contributed by atoms with van der Waals surface area (Å²) in [5, 5.41) is 0. The van der Waals surface area contributed by atoms with Crippen molar-refractivity contribution in [3.63, 3.8) is 0 Å². The summed E-state index contributed by atoms with van der Waals surface area (Å²) in [6, 6.07) is 2.75. The molecule has 0 nitrogen and oxygen atoms in total. The highest BCUT2D eigenvalue weighted by Crippen LogP contribution is 2.20. The molecule has 0 radical (unpaired) electrons. The molecular formula is C9H20Si. The van der Waals surface area contributed by atoms with E-state index in [0.717, 1.165) is 0 Å². The van der Waals surface area contributed by atoms with Crippen LogP contribution in [0, 0.1) is 0 Å². The summed E-state index contributed by atoms with van der Waals surface area (Å²) < 4.78 is 0. The van der Waals surface area contributed by atoms with Crippen LogP contribution in [0.1, 0.15) is 20.3 Å². The van der Waals surface area contributed by atoms with Crippen LogP contribution in [0.4, 0.5) is 0 Å². The van der Waals surface area contributed by atoms with Crippen LogP contribution < -0.4 is 0 Å². The van der Waals surface area contributed by atoms with E-state index in [-0.39, 0.29) is 0 Å². The van der Waals surface area contributed by atoms with E-state index in [4.69, 9.17) is 0 Å². The smallest absolute Gasteiger partial charge is 0.0513 e. The van der Waals surface area contributed by atoms with Gasteiger partial charge in [0, 0.05) is 0 Å². The van der Waals surface area contributed by atoms with Gasteiger partial charge in [0.05, 0.1) is 8.07 Å². The van der Waals surface area contributed by atoms with Gasteiger partial charge in [0.2, 0.25) is 0 Å². The van der Waals surface area contributed by atoms with Gasteiger partial charge in [-0.25, -0.2) is 0 Å². The second-order valence-corrected chi connectivity index (χ2v) is 9.23. The summed E-state index contributed by atoms with van der Waals surface area (Å²) in [5.41, 5.74) is 1.37. The molecule has 0 heterocycles. The Bertz CT molecular complexity index is 114. The predicted octanol–water partition coefficient (Wildman–Crippen LogP) is 3.68. The van der Waals surface area contributed by atoms with Crippen LogP contribution in [-0.4, -0.2) is 8.07 Å². The Morgan fingerprint density at radius 1 is 1.40 bits per heavy atom. The van der Waals surface area contributed by atoms with Gasteiger partial charge >= 0.3 is 0 Å². The van der Waals surface area contributed by atoms with Gasteiger partial charge in [-0.1, -0.05) is 38.1 Å². The Balaban J connectivity index is 3.74. The first-order valence-corrected chi connectivity index (χ1v) is 7.54. The highest BCUT2D eigenvalue weighted by Gasteiger charge is 2.18. The summed E-state index contributed by atoms with van der Waals surface area (Å²) in [6.07, 6.45) is 1.34. The minimum absolute atomic E-state index is 0.866. The maximum atomic E-state index is 3.96. The average Bonchev–Trinajstić information content (AvgIpc) is 1.59. The van der Waals surface area contributed by atoms with E-state index in [1.165, 1.54) is 24.1 Å². The minimum atomic E-state index is -0.866. The highest BCUT2D eigenvalue weighted by atomic mass is 28.3. The molecule has 0 saturated carbocycles. The van der Waals surface area contributed by atoms with Gasteiger partial charge < -0.3 is 0 Å². The van der Waals surface area contributed by atoms with Crippen molar-refractivity contribution in [3.05, 3.63) is 12.2 Å². The minimum Gasteiger partial charge on any atom is -0.100 e. The topological polar surface area (TPSA) is 0 Å². The van der Waals surface area contributed by atoms with Gasteiger partial charge in [-0.2, -0.15) is 0 Å². The van der Waals surface area contributed by atoms with Crippen LogP contribution in [0.5, 0.6) is 0 Å². The van der Waals surface area contributed by atoms with Crippen molar-refractivity contribution in [1.29, 1.82) is 0 Å². The van der Waals surface area contributed by atoms with Gasteiger partial charge in [0.1, 0.15) is 0 Å². The molecule has 0 atom stereocenters. The lowest BCUT2D eigenvalue weighted by atomic mass is 10.4. The molecule has 0 aromatic heterocycles. The molecule has 0 N–H and O–H groups in total. The molecule has 0 amide bonds. The van der Waals surface area contributed by atoms with Crippen LogP contribution in [-0.2, 0) is 0 Å². The third-order valence-electron chi connectivity index (χ3n) is 1.71. The Kier molecular flexibility index (Phi) is 3.95. The zero-order valence-electron chi connectivity index (χ0n) is 7.83. The monoisotopic (exact) mass is 156 g/mol. The van der Waals surface area contributed by atoms with E-state index in [2.05, 4.69) is 33.5 Å². The second-order valence-electron chi connectivity index (χ2n) is 4.05. The van der Waals surface area contributed by atoms with Crippen molar-refractivity contribution < 1.29 is 0 Å². The lowest BCUT2D eigenvalue weighted by Crippen LogP contribution is -2.24. The molecule has 0 rings (SSSR count). The zero-order valence-corrected chi connectivity index (χ0v) is 8.83. The summed E-state index contributed by atoms with van der Waals surface area (Å²) in [6.45, 7) is 13.3. The molecule has 0 saturated heterocycles. The molecule has 0 spiro atoms. The molecule has 0 aliphatic carbocycles. The van der Waals surface area contributed by atoms with Crippen LogP contribution in [0.25, 0.3) is 0 Å². The quantitative estimate of drug-likeness (QED) is 0.430. The van der Waals surface area contributed by atoms with Gasteiger partial charge in [0.25, 0.3) is 0 Å². The fraction of sp³-hybridized carbons (Fsp3) is 0.778. The summed E-state index contributed by atoms with van der Waals surface area (Å²) in [7, 11) is -0.866. The lowest BCUT2D eigenvalue weighted by Gasteiger charge is -2.21. The van der Waals surface area contributed by atoms with Crippen LogP contribution in [0.3, 0.4) is 0 Å². The molecule has 60 valence electrons. The van der Waals surface area contributed by atoms with Crippen LogP contribution >= 0.6 is 0 Å². The molecule has 0 bridgehead atoms. The number of hydrogen-bond donors (Lipinski definition) is 0. The van der Waals surface area contributed by atoms with Crippen molar-refractivity contribution in [2.75, 3.05) is 0 Å². The van der Waals surface area contributed by atoms with Crippen molar-refractivity contribution in [2.45, 2.75) is 45.5 Å². The Morgan fingerprint density at radius 3 is 2.20 bits per heavy atom. The molecule has 10 heavy (non-hydrogen) atoms. The maximum absolute atomic E-state index is 3.96. The first kappa shape index (κ1) is 9.96. The first-order valence-electron chi connectivity index (χ1n) is 4.12. The highest BCUT2D eigenvalue weighted by molar-refractivity contribution is 6.77. The number of hydrogen-bond acceptors (Lipinski definition) is 0. The SMILES string of the molecule is C=C(C)C[Si](C)(C)CCC. The summed E-state index contributed by atoms with van der Waals surface area (Å²) in [4.78, 5) is 0. The molecule has 0 aromatic rings. The molecular weight excluding hydrogens is 136 g/mol. The first-order chi connectivity index (χ1) is 4.48. The van der Waals surface area contributed by atoms with Crippen molar-refractivity contribution in [1.82, 2.24) is 0 Å². The van der Waals surface area contributed by atoms with E-state index in [1.807, 2.05) is 0 Å². The van der Waals surface area contributed by atoms with Gasteiger partial charge in [0.15, 0.2) is 0 Å². The van der Waals surface area contributed by atoms with Gasteiger partial charge in [-0.3, -0.25) is 0 Å². The van der Waals surface area contributed by atoms with Gasteiger partial charge in [-0.05, 0) is 13.0 Å². The van der Waals surface area contributed by atoms with E-state index < -0.39 is 8.07 Å². The predicted molar refractivity (Wildman–Crippen MR) is 52.2 cm³/mol. The maximum Gasteiger partial charge on any atom is 0.0513 e. The molecule has 0 fully saturated rings. The van der Waals surface area contributed by atoms with E-state index in [9.17, 15) is 0 Å². The number of allylic oxidation sites excluding steroid dienone is 1. The number of rotatable bonds is 4. The molecule has 0 aliphatic heterocycles. The Hall–Kier alpha value is -0.0431. The molecule has 0 aromatic carbocycles. The van der Waals surface area contributed by atoms with E-state index >= 15 is 0 Å². The Morgan fingerprint density at radius 2 is 1.90 bits per heavy atom. The largest absolute Gasteiger partial charge is 0.100 e. The summed E-state index contributed by atoms with van der Waals surface area (Å²) >= 11 is 0. The van der Waals surface area contributed by atoms with Crippen molar-refractivity contribution >= 4 is 8.07 Å². The average molecular weight is 156 g/mol. The van der Waals surface area contributed by atoms with Crippen molar-refractivity contribution in [2.24, 2.45) is 0 Å². The molecule has 0 aliphatic rings. The zero-order chi connectivity index (χ0) is 8.20. The van der Waals surface area contributed by atoms with E-state index in [1.54, 1.807) is 0 Å². The van der Waals surface area contributed by atoms with E-state index in [0.29, 0.717) is 0 Å². The molecule has 1 heteroatoms. The summed E-state index contributed by atoms with van der Waals surface area (Å²) in [5.74, 6) is 0. The fourth-order valence-corrected chi connectivity index (χ4v) is 4.75. The van der Waals surface area contributed by atoms with Crippen molar-refractivity contribution in [3.8, 4) is 0 Å². The second kappa shape index (κ2) is 3.97. The molecule has 0 unspecified atom stereocenters.